The van der Waals surface area contributed by atoms with E-state index in [1.54, 1.807) is 26.0 Å². The van der Waals surface area contributed by atoms with Gasteiger partial charge < -0.3 is 9.63 Å². The molecule has 0 radical (unpaired) electrons. The van der Waals surface area contributed by atoms with Gasteiger partial charge in [-0.3, -0.25) is 0 Å². The topological polar surface area (TPSA) is 59.2 Å². The van der Waals surface area contributed by atoms with Gasteiger partial charge >= 0.3 is 0 Å². The van der Waals surface area contributed by atoms with Crippen LogP contribution >= 0.6 is 15.9 Å². The Morgan fingerprint density at radius 1 is 1.39 bits per heavy atom. The van der Waals surface area contributed by atoms with Gasteiger partial charge in [-0.05, 0) is 41.1 Å². The molecule has 0 amide bonds. The summed E-state index contributed by atoms with van der Waals surface area (Å²) in [6, 6.07) is 4.48. The van der Waals surface area contributed by atoms with Crippen molar-refractivity contribution >= 4 is 15.9 Å². The minimum Gasteiger partial charge on any atom is -0.393 e. The van der Waals surface area contributed by atoms with E-state index >= 15 is 0 Å². The molecule has 4 nitrogen and oxygen atoms in total. The number of nitrogens with zero attached hydrogens (tertiary/aromatic N) is 2. The summed E-state index contributed by atoms with van der Waals surface area (Å²) < 4.78 is 18.5. The summed E-state index contributed by atoms with van der Waals surface area (Å²) in [6.07, 6.45) is -0.571. The van der Waals surface area contributed by atoms with Crippen LogP contribution in [0.2, 0.25) is 0 Å². The second-order valence-corrected chi connectivity index (χ2v) is 4.97. The number of aliphatic hydroxyl groups excluding tert-OH is 1. The highest BCUT2D eigenvalue weighted by molar-refractivity contribution is 9.10. The Morgan fingerprint density at radius 3 is 2.72 bits per heavy atom. The lowest BCUT2D eigenvalue weighted by atomic mass is 10.1. The van der Waals surface area contributed by atoms with E-state index in [0.717, 1.165) is 0 Å². The van der Waals surface area contributed by atoms with E-state index in [0.29, 0.717) is 21.8 Å². The second-order valence-electron chi connectivity index (χ2n) is 4.11. The first-order valence-electron chi connectivity index (χ1n) is 5.46. The van der Waals surface area contributed by atoms with Gasteiger partial charge in [-0.1, -0.05) is 12.1 Å². The molecular weight excluding hydrogens is 303 g/mol. The van der Waals surface area contributed by atoms with E-state index in [9.17, 15) is 9.50 Å². The lowest BCUT2D eigenvalue weighted by Gasteiger charge is -2.07. The average molecular weight is 315 g/mol. The predicted octanol–water partition coefficient (Wildman–Crippen LogP) is 3.12. The van der Waals surface area contributed by atoms with E-state index < -0.39 is 6.10 Å². The van der Waals surface area contributed by atoms with E-state index in [2.05, 4.69) is 26.1 Å². The molecule has 1 N–H and O–H groups in total. The average Bonchev–Trinajstić information content (AvgIpc) is 2.81. The zero-order chi connectivity index (χ0) is 13.3. The molecular formula is C12H12BrFN2O2. The molecule has 1 heterocycles. The fourth-order valence-corrected chi connectivity index (χ4v) is 1.76. The summed E-state index contributed by atoms with van der Waals surface area (Å²) in [4.78, 5) is 4.19. The van der Waals surface area contributed by atoms with E-state index in [1.807, 2.05) is 0 Å². The number of aromatic nitrogens is 2. The second kappa shape index (κ2) is 5.16. The molecule has 0 bridgehead atoms. The fourth-order valence-electron chi connectivity index (χ4n) is 1.38. The first-order valence-corrected chi connectivity index (χ1v) is 6.25. The maximum absolute atomic E-state index is 13.1. The first-order chi connectivity index (χ1) is 8.49. The summed E-state index contributed by atoms with van der Waals surface area (Å²) >= 11 is 3.10. The molecule has 0 fully saturated rings. The van der Waals surface area contributed by atoms with E-state index in [4.69, 9.17) is 4.52 Å². The Labute approximate surface area is 112 Å². The van der Waals surface area contributed by atoms with Crippen LogP contribution in [0.4, 0.5) is 4.39 Å². The van der Waals surface area contributed by atoms with Crippen LogP contribution in [0.1, 0.15) is 25.7 Å². The third-order valence-electron chi connectivity index (χ3n) is 2.73. The fraction of sp³-hybridized carbons (Fsp3) is 0.333. The molecule has 0 saturated heterocycles. The summed E-state index contributed by atoms with van der Waals surface area (Å²) in [7, 11) is 0. The number of rotatable bonds is 3. The van der Waals surface area contributed by atoms with E-state index in [-0.39, 0.29) is 11.7 Å². The number of hydrogen-bond acceptors (Lipinski definition) is 4. The molecule has 6 heteroatoms. The van der Waals surface area contributed by atoms with Gasteiger partial charge in [-0.25, -0.2) is 4.39 Å². The standard InChI is InChI=1S/C12H12BrFN2O2/c1-6(7(2)17)12-15-11(16-18-12)8-3-4-10(14)9(13)5-8/h3-7,17H,1-2H3. The van der Waals surface area contributed by atoms with Crippen molar-refractivity contribution in [1.82, 2.24) is 10.1 Å². The van der Waals surface area contributed by atoms with Gasteiger partial charge in [-0.2, -0.15) is 4.98 Å². The van der Waals surface area contributed by atoms with E-state index in [1.165, 1.54) is 6.07 Å². The van der Waals surface area contributed by atoms with Crippen LogP contribution in [-0.4, -0.2) is 21.4 Å². The molecule has 0 aliphatic rings. The van der Waals surface area contributed by atoms with Crippen molar-refractivity contribution in [2.24, 2.45) is 0 Å². The molecule has 2 unspecified atom stereocenters. The largest absolute Gasteiger partial charge is 0.393 e. The predicted molar refractivity (Wildman–Crippen MR) is 67.5 cm³/mol. The molecule has 2 atom stereocenters. The Hall–Kier alpha value is -1.27. The quantitative estimate of drug-likeness (QED) is 0.945. The Kier molecular flexibility index (Phi) is 3.77. The normalized spacial score (nSPS) is 14.5. The minimum absolute atomic E-state index is 0.241. The van der Waals surface area contributed by atoms with Gasteiger partial charge in [-0.15, -0.1) is 0 Å². The molecule has 1 aromatic heterocycles. The van der Waals surface area contributed by atoms with Crippen molar-refractivity contribution in [3.63, 3.8) is 0 Å². The van der Waals surface area contributed by atoms with Gasteiger partial charge in [0, 0.05) is 5.56 Å². The van der Waals surface area contributed by atoms with Crippen LogP contribution in [0.25, 0.3) is 11.4 Å². The van der Waals surface area contributed by atoms with Gasteiger partial charge in [0.15, 0.2) is 0 Å². The van der Waals surface area contributed by atoms with Crippen molar-refractivity contribution < 1.29 is 14.0 Å². The number of aliphatic hydroxyl groups is 1. The minimum atomic E-state index is -0.571. The summed E-state index contributed by atoms with van der Waals surface area (Å²) in [6.45, 7) is 3.45. The van der Waals surface area contributed by atoms with Crippen LogP contribution < -0.4 is 0 Å². The molecule has 0 spiro atoms. The SMILES string of the molecule is CC(O)C(C)c1nc(-c2ccc(F)c(Br)c2)no1. The molecule has 1 aromatic carbocycles. The highest BCUT2D eigenvalue weighted by atomic mass is 79.9. The third kappa shape index (κ3) is 2.59. The summed E-state index contributed by atoms with van der Waals surface area (Å²) in [5.74, 6) is 0.147. The lowest BCUT2D eigenvalue weighted by molar-refractivity contribution is 0.151. The van der Waals surface area contributed by atoms with Crippen molar-refractivity contribution in [3.8, 4) is 11.4 Å². The Morgan fingerprint density at radius 2 is 2.11 bits per heavy atom. The van der Waals surface area contributed by atoms with Crippen molar-refractivity contribution in [2.45, 2.75) is 25.9 Å². The summed E-state index contributed by atoms with van der Waals surface area (Å²) in [5.41, 5.74) is 0.649. The number of hydrogen-bond donors (Lipinski definition) is 1. The molecule has 2 aromatic rings. The summed E-state index contributed by atoms with van der Waals surface area (Å²) in [5, 5.41) is 13.3. The molecule has 0 aliphatic heterocycles. The molecule has 0 saturated carbocycles. The Bertz CT molecular complexity index is 557. The van der Waals surface area contributed by atoms with Gasteiger partial charge in [0.05, 0.1) is 16.5 Å². The van der Waals surface area contributed by atoms with Gasteiger partial charge in [0.25, 0.3) is 0 Å². The lowest BCUT2D eigenvalue weighted by Crippen LogP contribution is -2.11. The van der Waals surface area contributed by atoms with Crippen LogP contribution in [0.15, 0.2) is 27.2 Å². The van der Waals surface area contributed by atoms with Crippen molar-refractivity contribution in [2.75, 3.05) is 0 Å². The van der Waals surface area contributed by atoms with Gasteiger partial charge in [0.2, 0.25) is 11.7 Å². The smallest absolute Gasteiger partial charge is 0.232 e. The van der Waals surface area contributed by atoms with Crippen LogP contribution in [0.5, 0.6) is 0 Å². The molecule has 96 valence electrons. The van der Waals surface area contributed by atoms with Crippen molar-refractivity contribution in [3.05, 3.63) is 34.4 Å². The number of benzene rings is 1. The molecule has 2 rings (SSSR count). The molecule has 18 heavy (non-hydrogen) atoms. The Balaban J connectivity index is 2.32. The zero-order valence-corrected chi connectivity index (χ0v) is 11.5. The van der Waals surface area contributed by atoms with Crippen molar-refractivity contribution in [1.29, 1.82) is 0 Å². The van der Waals surface area contributed by atoms with Crippen LogP contribution in [0, 0.1) is 5.82 Å². The zero-order valence-electron chi connectivity index (χ0n) is 9.89. The highest BCUT2D eigenvalue weighted by Gasteiger charge is 2.19. The number of halogens is 2. The van der Waals surface area contributed by atoms with Gasteiger partial charge in [0.1, 0.15) is 5.82 Å². The third-order valence-corrected chi connectivity index (χ3v) is 3.34. The first kappa shape index (κ1) is 13.2. The monoisotopic (exact) mass is 314 g/mol. The van der Waals surface area contributed by atoms with Crippen LogP contribution in [0.3, 0.4) is 0 Å². The van der Waals surface area contributed by atoms with Crippen LogP contribution in [-0.2, 0) is 0 Å². The molecule has 0 aliphatic carbocycles. The maximum atomic E-state index is 13.1. The highest BCUT2D eigenvalue weighted by Crippen LogP contribution is 2.25. The maximum Gasteiger partial charge on any atom is 0.232 e.